The average molecular weight is 695 g/mol. The van der Waals surface area contributed by atoms with Crippen LogP contribution in [0.2, 0.25) is 10.0 Å². The summed E-state index contributed by atoms with van der Waals surface area (Å²) in [5.41, 5.74) is 6.38. The predicted molar refractivity (Wildman–Crippen MR) is 175 cm³/mol. The molecule has 0 aliphatic heterocycles. The number of primary amides is 1. The summed E-state index contributed by atoms with van der Waals surface area (Å²) >= 11 is 12.8. The summed E-state index contributed by atoms with van der Waals surface area (Å²) in [6, 6.07) is 3.92. The summed E-state index contributed by atoms with van der Waals surface area (Å²) in [6.07, 6.45) is 0.528. The number of aryl methyl sites for hydroxylation is 1. The topological polar surface area (TPSA) is 155 Å². The fraction of sp³-hybridized carbons (Fsp3) is 0.455. The van der Waals surface area contributed by atoms with Gasteiger partial charge in [-0.1, -0.05) is 63.7 Å². The second kappa shape index (κ2) is 14.9. The highest BCUT2D eigenvalue weighted by molar-refractivity contribution is 6.38. The molecular weight excluding hydrogens is 655 g/mol. The van der Waals surface area contributed by atoms with Crippen molar-refractivity contribution >= 4 is 57.9 Å². The van der Waals surface area contributed by atoms with E-state index in [-0.39, 0.29) is 24.3 Å². The number of carbonyl (C=O) groups excluding carboxylic acids is 4. The number of hydrogen-bond donors (Lipinski definition) is 5. The highest BCUT2D eigenvalue weighted by Gasteiger charge is 2.46. The molecule has 47 heavy (non-hydrogen) atoms. The molecule has 6 N–H and O–H groups in total. The molecule has 1 aromatic heterocycles. The second-order valence-corrected chi connectivity index (χ2v) is 13.1. The van der Waals surface area contributed by atoms with Gasteiger partial charge in [-0.25, -0.2) is 13.6 Å². The van der Waals surface area contributed by atoms with Crippen LogP contribution in [0.1, 0.15) is 63.8 Å². The van der Waals surface area contributed by atoms with Crippen LogP contribution in [0.15, 0.2) is 30.3 Å². The van der Waals surface area contributed by atoms with Crippen molar-refractivity contribution in [3.63, 3.8) is 0 Å². The number of benzene rings is 2. The third-order valence-corrected chi connectivity index (χ3v) is 9.48. The van der Waals surface area contributed by atoms with Crippen molar-refractivity contribution in [1.29, 1.82) is 0 Å². The van der Waals surface area contributed by atoms with Crippen LogP contribution in [0.3, 0.4) is 0 Å². The van der Waals surface area contributed by atoms with E-state index in [9.17, 15) is 28.0 Å². The standard InChI is InChI=1S/C33H39Cl2F2N5O5/c1-5-16(3)26(29(38)43)40-31(45)33(8-7-25-23(14-33)22-11-19(34)12-24(35)28(22)39-25)42-30(44)27(17(4)6-2)41-32(46)47-15-18-9-20(36)13-21(37)10-18/h9-13,16-17,26-27,39H,5-8,14-15H2,1-4H3,(H2,38,43)(H,40,45)(H,41,46)(H,42,44)/t16?,17?,26-,27-,33+/m0/s1. The minimum atomic E-state index is -1.56. The molecule has 1 aliphatic carbocycles. The highest BCUT2D eigenvalue weighted by Crippen LogP contribution is 2.38. The van der Waals surface area contributed by atoms with E-state index in [0.717, 1.165) is 23.4 Å². The Kier molecular flexibility index (Phi) is 11.4. The lowest BCUT2D eigenvalue weighted by atomic mass is 9.78. The van der Waals surface area contributed by atoms with Crippen LogP contribution >= 0.6 is 23.2 Å². The first-order valence-corrected chi connectivity index (χ1v) is 16.2. The number of nitrogens with two attached hydrogens (primary N) is 1. The molecule has 10 nitrogen and oxygen atoms in total. The Morgan fingerprint density at radius 2 is 1.62 bits per heavy atom. The van der Waals surface area contributed by atoms with Gasteiger partial charge in [0.1, 0.15) is 35.9 Å². The molecule has 0 bridgehead atoms. The minimum Gasteiger partial charge on any atom is -0.445 e. The van der Waals surface area contributed by atoms with Crippen molar-refractivity contribution in [2.45, 2.75) is 84.0 Å². The summed E-state index contributed by atoms with van der Waals surface area (Å²) in [5, 5.41) is 9.72. The van der Waals surface area contributed by atoms with Crippen molar-refractivity contribution < 1.29 is 32.7 Å². The lowest BCUT2D eigenvalue weighted by molar-refractivity contribution is -0.137. The third-order valence-electron chi connectivity index (χ3n) is 8.96. The average Bonchev–Trinajstić information content (AvgIpc) is 3.37. The molecule has 5 atom stereocenters. The van der Waals surface area contributed by atoms with Crippen LogP contribution in [-0.2, 0) is 38.6 Å². The van der Waals surface area contributed by atoms with Crippen molar-refractivity contribution in [3.8, 4) is 0 Å². The Morgan fingerprint density at radius 1 is 0.979 bits per heavy atom. The van der Waals surface area contributed by atoms with Crippen LogP contribution in [0.5, 0.6) is 0 Å². The first kappa shape index (κ1) is 35.9. The first-order chi connectivity index (χ1) is 22.2. The number of hydrogen-bond acceptors (Lipinski definition) is 5. The summed E-state index contributed by atoms with van der Waals surface area (Å²) < 4.78 is 32.4. The number of fused-ring (bicyclic) bond motifs is 3. The van der Waals surface area contributed by atoms with Crippen molar-refractivity contribution in [3.05, 3.63) is 68.8 Å². The molecule has 4 amide bonds. The fourth-order valence-corrected chi connectivity index (χ4v) is 6.41. The van der Waals surface area contributed by atoms with Gasteiger partial charge in [0, 0.05) is 28.6 Å². The minimum absolute atomic E-state index is 0.0192. The third kappa shape index (κ3) is 8.16. The summed E-state index contributed by atoms with van der Waals surface area (Å²) in [5.74, 6) is -4.35. The Hall–Kier alpha value is -3.90. The van der Waals surface area contributed by atoms with Gasteiger partial charge in [-0.15, -0.1) is 0 Å². The molecule has 4 rings (SSSR count). The fourth-order valence-electron chi connectivity index (χ4n) is 5.86. The Labute approximate surface area is 281 Å². The van der Waals surface area contributed by atoms with E-state index in [0.29, 0.717) is 46.3 Å². The highest BCUT2D eigenvalue weighted by atomic mass is 35.5. The molecule has 1 heterocycles. The molecule has 0 saturated heterocycles. The van der Waals surface area contributed by atoms with E-state index >= 15 is 0 Å². The largest absolute Gasteiger partial charge is 0.445 e. The van der Waals surface area contributed by atoms with Gasteiger partial charge in [-0.3, -0.25) is 14.4 Å². The van der Waals surface area contributed by atoms with Gasteiger partial charge in [-0.2, -0.15) is 0 Å². The van der Waals surface area contributed by atoms with E-state index in [1.54, 1.807) is 26.0 Å². The van der Waals surface area contributed by atoms with E-state index < -0.39 is 65.6 Å². The maximum Gasteiger partial charge on any atom is 0.408 e. The van der Waals surface area contributed by atoms with Crippen LogP contribution in [0, 0.1) is 23.5 Å². The van der Waals surface area contributed by atoms with E-state index in [1.807, 2.05) is 13.8 Å². The molecule has 0 fully saturated rings. The predicted octanol–water partition coefficient (Wildman–Crippen LogP) is 5.45. The molecule has 3 aromatic rings. The van der Waals surface area contributed by atoms with Gasteiger partial charge in [0.25, 0.3) is 0 Å². The van der Waals surface area contributed by atoms with Crippen molar-refractivity contribution in [2.24, 2.45) is 17.6 Å². The number of aromatic amines is 1. The second-order valence-electron chi connectivity index (χ2n) is 12.2. The zero-order valence-corrected chi connectivity index (χ0v) is 28.1. The van der Waals surface area contributed by atoms with Gasteiger partial charge in [0.15, 0.2) is 0 Å². The van der Waals surface area contributed by atoms with Gasteiger partial charge in [0.05, 0.1) is 10.5 Å². The summed E-state index contributed by atoms with van der Waals surface area (Å²) in [4.78, 5) is 56.8. The maximum atomic E-state index is 14.2. The van der Waals surface area contributed by atoms with Crippen LogP contribution in [0.25, 0.3) is 10.9 Å². The van der Waals surface area contributed by atoms with Gasteiger partial charge in [0.2, 0.25) is 17.7 Å². The molecule has 2 unspecified atom stereocenters. The number of nitrogens with one attached hydrogen (secondary N) is 4. The normalized spacial score (nSPS) is 18.4. The maximum absolute atomic E-state index is 14.2. The molecular formula is C33H39Cl2F2N5O5. The monoisotopic (exact) mass is 693 g/mol. The van der Waals surface area contributed by atoms with Gasteiger partial charge >= 0.3 is 6.09 Å². The van der Waals surface area contributed by atoms with E-state index in [1.165, 1.54) is 0 Å². The Morgan fingerprint density at radius 3 is 2.23 bits per heavy atom. The zero-order chi connectivity index (χ0) is 34.6. The van der Waals surface area contributed by atoms with Crippen LogP contribution in [0.4, 0.5) is 13.6 Å². The molecule has 14 heteroatoms. The van der Waals surface area contributed by atoms with Gasteiger partial charge < -0.3 is 31.4 Å². The molecule has 0 saturated carbocycles. The number of ether oxygens (including phenoxy) is 1. The molecule has 2 aromatic carbocycles. The molecule has 254 valence electrons. The number of amides is 4. The molecule has 1 aliphatic rings. The Balaban J connectivity index is 1.65. The number of aromatic nitrogens is 1. The molecule has 0 spiro atoms. The number of H-pyrrole nitrogens is 1. The Bertz CT molecular complexity index is 1660. The quantitative estimate of drug-likeness (QED) is 0.171. The van der Waals surface area contributed by atoms with Crippen LogP contribution < -0.4 is 21.7 Å². The van der Waals surface area contributed by atoms with E-state index in [2.05, 4.69) is 20.9 Å². The lowest BCUT2D eigenvalue weighted by Gasteiger charge is -2.39. The lowest BCUT2D eigenvalue weighted by Crippen LogP contribution is -2.67. The smallest absolute Gasteiger partial charge is 0.408 e. The van der Waals surface area contributed by atoms with Gasteiger partial charge in [-0.05, 0) is 60.1 Å². The van der Waals surface area contributed by atoms with Crippen molar-refractivity contribution in [1.82, 2.24) is 20.9 Å². The van der Waals surface area contributed by atoms with Crippen molar-refractivity contribution in [2.75, 3.05) is 0 Å². The number of alkyl carbamates (subject to hydrolysis) is 1. The summed E-state index contributed by atoms with van der Waals surface area (Å²) in [6.45, 7) is 6.78. The number of halogens is 4. The number of rotatable bonds is 12. The SMILES string of the molecule is CCC(C)[C@H](NC(=O)[C@@]1(NC(=O)[C@@H](NC(=O)OCc2cc(F)cc(F)c2)C(C)CC)CCc2[nH]c3c(Cl)cc(Cl)cc3c2C1)C(N)=O. The first-order valence-electron chi connectivity index (χ1n) is 15.5. The van der Waals surface area contributed by atoms with E-state index in [4.69, 9.17) is 33.7 Å². The molecule has 0 radical (unpaired) electrons. The zero-order valence-electron chi connectivity index (χ0n) is 26.6. The van der Waals surface area contributed by atoms with Crippen LogP contribution in [-0.4, -0.2) is 46.4 Å². The number of carbonyl (C=O) groups is 4. The summed E-state index contributed by atoms with van der Waals surface area (Å²) in [7, 11) is 0.